The highest BCUT2D eigenvalue weighted by atomic mass is 16.1. The smallest absolute Gasteiger partial charge is 0.155 e. The molecule has 1 aliphatic carbocycles. The Morgan fingerprint density at radius 1 is 0.720 bits per heavy atom. The Labute approximate surface area is 149 Å². The largest absolute Gasteiger partial charge is 0.343 e. The number of carbonyl (C=O) groups is 1. The Morgan fingerprint density at radius 3 is 1.84 bits per heavy atom. The molecule has 1 unspecified atom stereocenters. The van der Waals surface area contributed by atoms with Crippen LogP contribution in [0.4, 0.5) is 0 Å². The van der Waals surface area contributed by atoms with Gasteiger partial charge in [-0.2, -0.15) is 0 Å². The van der Waals surface area contributed by atoms with E-state index < -0.39 is 0 Å². The number of Topliss-reactive ketones (excluding diaryl/α,β-unsaturated/α-hetero) is 1. The SMILES string of the molecule is O=C1CCCCCC1n1cc(-c2ccccc2)c(-c2ccccc2)c1. The van der Waals surface area contributed by atoms with Gasteiger partial charge in [-0.3, -0.25) is 4.79 Å². The summed E-state index contributed by atoms with van der Waals surface area (Å²) in [6.07, 6.45) is 9.35. The fourth-order valence-electron chi connectivity index (χ4n) is 3.81. The first-order valence-corrected chi connectivity index (χ1v) is 9.18. The van der Waals surface area contributed by atoms with E-state index in [-0.39, 0.29) is 6.04 Å². The Bertz CT molecular complexity index is 791. The van der Waals surface area contributed by atoms with Crippen molar-refractivity contribution >= 4 is 5.78 Å². The van der Waals surface area contributed by atoms with Gasteiger partial charge in [-0.25, -0.2) is 0 Å². The van der Waals surface area contributed by atoms with Crippen molar-refractivity contribution in [1.29, 1.82) is 0 Å². The summed E-state index contributed by atoms with van der Waals surface area (Å²) in [4.78, 5) is 12.6. The monoisotopic (exact) mass is 329 g/mol. The van der Waals surface area contributed by atoms with Gasteiger partial charge >= 0.3 is 0 Å². The first-order chi connectivity index (χ1) is 12.3. The average Bonchev–Trinajstić information content (AvgIpc) is 2.99. The molecule has 2 heteroatoms. The maximum atomic E-state index is 12.6. The Balaban J connectivity index is 1.82. The standard InChI is InChI=1S/C23H23NO/c25-23-15-9-3-8-14-22(23)24-16-20(18-10-4-1-5-11-18)21(17-24)19-12-6-2-7-13-19/h1-2,4-7,10-13,16-17,22H,3,8-9,14-15H2. The van der Waals surface area contributed by atoms with Crippen molar-refractivity contribution < 1.29 is 4.79 Å². The molecule has 2 nitrogen and oxygen atoms in total. The zero-order chi connectivity index (χ0) is 17.1. The van der Waals surface area contributed by atoms with E-state index in [1.165, 1.54) is 28.7 Å². The highest BCUT2D eigenvalue weighted by Crippen LogP contribution is 2.36. The lowest BCUT2D eigenvalue weighted by Gasteiger charge is -2.14. The van der Waals surface area contributed by atoms with Crippen LogP contribution in [0.5, 0.6) is 0 Å². The number of aromatic nitrogens is 1. The van der Waals surface area contributed by atoms with Crippen molar-refractivity contribution in [2.24, 2.45) is 0 Å². The lowest BCUT2D eigenvalue weighted by atomic mass is 9.99. The maximum Gasteiger partial charge on any atom is 0.155 e. The van der Waals surface area contributed by atoms with Crippen LogP contribution >= 0.6 is 0 Å². The summed E-state index contributed by atoms with van der Waals surface area (Å²) in [5, 5.41) is 0. The van der Waals surface area contributed by atoms with Crippen LogP contribution in [0.3, 0.4) is 0 Å². The van der Waals surface area contributed by atoms with Crippen LogP contribution in [0.1, 0.15) is 38.1 Å². The molecule has 1 saturated carbocycles. The van der Waals surface area contributed by atoms with Gasteiger partial charge in [0.05, 0.1) is 6.04 Å². The predicted octanol–water partition coefficient (Wildman–Crippen LogP) is 5.90. The van der Waals surface area contributed by atoms with Gasteiger partial charge in [0, 0.05) is 29.9 Å². The first kappa shape index (κ1) is 15.9. The minimum atomic E-state index is -0.0116. The van der Waals surface area contributed by atoms with Gasteiger partial charge < -0.3 is 4.57 Å². The summed E-state index contributed by atoms with van der Waals surface area (Å²) in [5.41, 5.74) is 4.79. The van der Waals surface area contributed by atoms with E-state index in [4.69, 9.17) is 0 Å². The van der Waals surface area contributed by atoms with Gasteiger partial charge in [0.1, 0.15) is 0 Å². The molecule has 2 aromatic carbocycles. The predicted molar refractivity (Wildman–Crippen MR) is 102 cm³/mol. The molecule has 1 heterocycles. The zero-order valence-corrected chi connectivity index (χ0v) is 14.4. The third-order valence-electron chi connectivity index (χ3n) is 5.15. The molecule has 1 atom stereocenters. The lowest BCUT2D eigenvalue weighted by molar-refractivity contribution is -0.122. The third-order valence-corrected chi connectivity index (χ3v) is 5.15. The molecule has 0 aliphatic heterocycles. The molecule has 0 N–H and O–H groups in total. The van der Waals surface area contributed by atoms with E-state index >= 15 is 0 Å². The molecule has 0 radical (unpaired) electrons. The van der Waals surface area contributed by atoms with Gasteiger partial charge in [0.2, 0.25) is 0 Å². The van der Waals surface area contributed by atoms with Crippen LogP contribution in [0.2, 0.25) is 0 Å². The van der Waals surface area contributed by atoms with Crippen LogP contribution in [0, 0.1) is 0 Å². The number of carbonyl (C=O) groups excluding carboxylic acids is 1. The third kappa shape index (κ3) is 3.30. The summed E-state index contributed by atoms with van der Waals surface area (Å²) < 4.78 is 2.16. The molecule has 4 rings (SSSR count). The number of rotatable bonds is 3. The minimum absolute atomic E-state index is 0.0116. The van der Waals surface area contributed by atoms with Crippen molar-refractivity contribution in [3.63, 3.8) is 0 Å². The van der Waals surface area contributed by atoms with Gasteiger partial charge in [-0.15, -0.1) is 0 Å². The molecule has 1 aliphatic rings. The van der Waals surface area contributed by atoms with Gasteiger partial charge in [0.25, 0.3) is 0 Å². The lowest BCUT2D eigenvalue weighted by Crippen LogP contribution is -2.16. The normalized spacial score (nSPS) is 18.1. The second-order valence-corrected chi connectivity index (χ2v) is 6.85. The van der Waals surface area contributed by atoms with Crippen molar-refractivity contribution in [3.8, 4) is 22.3 Å². The summed E-state index contributed by atoms with van der Waals surface area (Å²) in [6.45, 7) is 0. The second-order valence-electron chi connectivity index (χ2n) is 6.85. The van der Waals surface area contributed by atoms with E-state index in [1.54, 1.807) is 0 Å². The fraction of sp³-hybridized carbons (Fsp3) is 0.261. The second kappa shape index (κ2) is 7.10. The van der Waals surface area contributed by atoms with E-state index in [0.717, 1.165) is 19.3 Å². The van der Waals surface area contributed by atoms with E-state index in [9.17, 15) is 4.79 Å². The Hall–Kier alpha value is -2.61. The van der Waals surface area contributed by atoms with Crippen LogP contribution in [0.25, 0.3) is 22.3 Å². The Morgan fingerprint density at radius 2 is 1.28 bits per heavy atom. The summed E-state index contributed by atoms with van der Waals surface area (Å²) >= 11 is 0. The molecule has 0 bridgehead atoms. The van der Waals surface area contributed by atoms with E-state index in [1.807, 2.05) is 12.1 Å². The quantitative estimate of drug-likeness (QED) is 0.549. The molecule has 0 saturated heterocycles. The van der Waals surface area contributed by atoms with Crippen molar-refractivity contribution in [2.75, 3.05) is 0 Å². The highest BCUT2D eigenvalue weighted by molar-refractivity contribution is 5.86. The fourth-order valence-corrected chi connectivity index (χ4v) is 3.81. The molecular formula is C23H23NO. The zero-order valence-electron chi connectivity index (χ0n) is 14.4. The maximum absolute atomic E-state index is 12.6. The summed E-state index contributed by atoms with van der Waals surface area (Å²) in [7, 11) is 0. The van der Waals surface area contributed by atoms with Gasteiger partial charge in [-0.1, -0.05) is 73.5 Å². The molecule has 3 aromatic rings. The Kier molecular flexibility index (Phi) is 4.51. The number of benzene rings is 2. The molecule has 25 heavy (non-hydrogen) atoms. The average molecular weight is 329 g/mol. The molecule has 126 valence electrons. The number of hydrogen-bond acceptors (Lipinski definition) is 1. The van der Waals surface area contributed by atoms with Crippen LogP contribution < -0.4 is 0 Å². The number of nitrogens with zero attached hydrogens (tertiary/aromatic N) is 1. The van der Waals surface area contributed by atoms with Crippen molar-refractivity contribution in [2.45, 2.75) is 38.1 Å². The van der Waals surface area contributed by atoms with E-state index in [2.05, 4.69) is 65.5 Å². The molecular weight excluding hydrogens is 306 g/mol. The number of ketones is 1. The van der Waals surface area contributed by atoms with Gasteiger partial charge in [-0.05, 0) is 24.0 Å². The van der Waals surface area contributed by atoms with Crippen molar-refractivity contribution in [1.82, 2.24) is 4.57 Å². The van der Waals surface area contributed by atoms with Gasteiger partial charge in [0.15, 0.2) is 5.78 Å². The van der Waals surface area contributed by atoms with Crippen LogP contribution in [0.15, 0.2) is 73.1 Å². The first-order valence-electron chi connectivity index (χ1n) is 9.18. The molecule has 1 aromatic heterocycles. The summed E-state index contributed by atoms with van der Waals surface area (Å²) in [6, 6.07) is 20.9. The number of hydrogen-bond donors (Lipinski definition) is 0. The topological polar surface area (TPSA) is 22.0 Å². The minimum Gasteiger partial charge on any atom is -0.343 e. The molecule has 0 amide bonds. The van der Waals surface area contributed by atoms with E-state index in [0.29, 0.717) is 12.2 Å². The molecule has 0 spiro atoms. The van der Waals surface area contributed by atoms with Crippen molar-refractivity contribution in [3.05, 3.63) is 73.1 Å². The molecule has 1 fully saturated rings. The highest BCUT2D eigenvalue weighted by Gasteiger charge is 2.23. The van der Waals surface area contributed by atoms with Crippen LogP contribution in [-0.4, -0.2) is 10.4 Å². The van der Waals surface area contributed by atoms with Crippen LogP contribution in [-0.2, 0) is 4.79 Å². The summed E-state index contributed by atoms with van der Waals surface area (Å²) in [5.74, 6) is 0.381.